The molecular weight excluding hydrogens is 191 g/mol. The summed E-state index contributed by atoms with van der Waals surface area (Å²) in [5.41, 5.74) is 0. The van der Waals surface area contributed by atoms with Gasteiger partial charge < -0.3 is 14.4 Å². The Morgan fingerprint density at radius 2 is 2.00 bits per heavy atom. The molecule has 76 valence electrons. The second-order valence-corrected chi connectivity index (χ2v) is 3.12. The van der Waals surface area contributed by atoms with E-state index in [1.54, 1.807) is 13.2 Å². The van der Waals surface area contributed by atoms with Crippen LogP contribution in [0.1, 0.15) is 0 Å². The second kappa shape index (κ2) is 4.23. The standard InChI is InChI=1S/C11H11BO3/c1-14-9-6-8-4-2-3-5-10(8)11(7-9)15-12-13/h2-7,12-13H,1H3. The van der Waals surface area contributed by atoms with Crippen LogP contribution >= 0.6 is 0 Å². The van der Waals surface area contributed by atoms with E-state index >= 15 is 0 Å². The van der Waals surface area contributed by atoms with Gasteiger partial charge in [0.15, 0.2) is 0 Å². The molecule has 1 N–H and O–H groups in total. The van der Waals surface area contributed by atoms with E-state index in [1.165, 1.54) is 0 Å². The van der Waals surface area contributed by atoms with Crippen molar-refractivity contribution in [3.05, 3.63) is 36.4 Å². The number of benzene rings is 2. The first kappa shape index (κ1) is 9.86. The average molecular weight is 202 g/mol. The lowest BCUT2D eigenvalue weighted by atomic mass is 10.1. The van der Waals surface area contributed by atoms with E-state index in [9.17, 15) is 0 Å². The van der Waals surface area contributed by atoms with E-state index in [0.29, 0.717) is 5.75 Å². The van der Waals surface area contributed by atoms with Gasteiger partial charge in [-0.2, -0.15) is 0 Å². The summed E-state index contributed by atoms with van der Waals surface area (Å²) in [6, 6.07) is 11.5. The maximum absolute atomic E-state index is 8.78. The minimum absolute atomic E-state index is 0.336. The van der Waals surface area contributed by atoms with Crippen LogP contribution in [0.2, 0.25) is 0 Å². The van der Waals surface area contributed by atoms with E-state index < -0.39 is 0 Å². The average Bonchev–Trinajstić information content (AvgIpc) is 2.29. The molecule has 0 heterocycles. The monoisotopic (exact) mass is 202 g/mol. The molecule has 0 aromatic heterocycles. The normalized spacial score (nSPS) is 10.0. The molecule has 0 amide bonds. The summed E-state index contributed by atoms with van der Waals surface area (Å²) in [6.45, 7) is 0. The molecule has 0 bridgehead atoms. The van der Waals surface area contributed by atoms with E-state index in [0.717, 1.165) is 16.5 Å². The third-order valence-electron chi connectivity index (χ3n) is 2.25. The Bertz CT molecular complexity index is 470. The van der Waals surface area contributed by atoms with E-state index in [2.05, 4.69) is 0 Å². The van der Waals surface area contributed by atoms with Gasteiger partial charge in [0.05, 0.1) is 7.11 Å². The van der Waals surface area contributed by atoms with Gasteiger partial charge in [0.2, 0.25) is 0 Å². The molecule has 0 aliphatic rings. The Labute approximate surface area is 88.6 Å². The fraction of sp³-hybridized carbons (Fsp3) is 0.0909. The second-order valence-electron chi connectivity index (χ2n) is 3.12. The zero-order chi connectivity index (χ0) is 10.7. The highest BCUT2D eigenvalue weighted by Gasteiger charge is 2.04. The number of hydrogen-bond acceptors (Lipinski definition) is 3. The highest BCUT2D eigenvalue weighted by molar-refractivity contribution is 6.18. The minimum atomic E-state index is -0.336. The maximum atomic E-state index is 8.78. The van der Waals surface area contributed by atoms with Gasteiger partial charge in [0, 0.05) is 11.5 Å². The van der Waals surface area contributed by atoms with Crippen LogP contribution in [-0.4, -0.2) is 19.8 Å². The molecule has 0 saturated carbocycles. The van der Waals surface area contributed by atoms with Gasteiger partial charge in [-0.25, -0.2) is 0 Å². The van der Waals surface area contributed by atoms with Crippen LogP contribution in [0.5, 0.6) is 11.5 Å². The molecule has 0 fully saturated rings. The summed E-state index contributed by atoms with van der Waals surface area (Å²) < 4.78 is 10.3. The fourth-order valence-electron chi connectivity index (χ4n) is 1.56. The van der Waals surface area contributed by atoms with Crippen LogP contribution < -0.4 is 9.39 Å². The zero-order valence-electron chi connectivity index (χ0n) is 8.43. The first-order valence-corrected chi connectivity index (χ1v) is 4.65. The van der Waals surface area contributed by atoms with E-state index in [4.69, 9.17) is 14.4 Å². The van der Waals surface area contributed by atoms with Crippen LogP contribution in [0, 0.1) is 0 Å². The highest BCUT2D eigenvalue weighted by Crippen LogP contribution is 2.30. The Kier molecular flexibility index (Phi) is 2.78. The van der Waals surface area contributed by atoms with Gasteiger partial charge in [-0.1, -0.05) is 24.3 Å². The van der Waals surface area contributed by atoms with Crippen molar-refractivity contribution in [2.75, 3.05) is 7.11 Å². The van der Waals surface area contributed by atoms with Crippen LogP contribution in [0.15, 0.2) is 36.4 Å². The smallest absolute Gasteiger partial charge is 0.504 e. The molecule has 0 atom stereocenters. The van der Waals surface area contributed by atoms with Crippen molar-refractivity contribution >= 4 is 18.5 Å². The molecule has 2 aromatic carbocycles. The van der Waals surface area contributed by atoms with Gasteiger partial charge in [0.1, 0.15) is 11.5 Å². The molecule has 15 heavy (non-hydrogen) atoms. The molecule has 0 radical (unpaired) electrons. The predicted molar refractivity (Wildman–Crippen MR) is 60.5 cm³/mol. The molecule has 0 aliphatic heterocycles. The number of ether oxygens (including phenoxy) is 1. The van der Waals surface area contributed by atoms with Crippen molar-refractivity contribution in [2.45, 2.75) is 0 Å². The minimum Gasteiger partial charge on any atom is -0.538 e. The summed E-state index contributed by atoms with van der Waals surface area (Å²) >= 11 is 0. The largest absolute Gasteiger partial charge is 0.538 e. The van der Waals surface area contributed by atoms with Crippen LogP contribution in [0.3, 0.4) is 0 Å². The first-order valence-electron chi connectivity index (χ1n) is 4.65. The van der Waals surface area contributed by atoms with Crippen molar-refractivity contribution in [3.8, 4) is 11.5 Å². The Hall–Kier alpha value is -1.68. The number of hydrogen-bond donors (Lipinski definition) is 1. The van der Waals surface area contributed by atoms with Crippen molar-refractivity contribution in [3.63, 3.8) is 0 Å². The van der Waals surface area contributed by atoms with Gasteiger partial charge in [-0.15, -0.1) is 0 Å². The lowest BCUT2D eigenvalue weighted by molar-refractivity contribution is 0.410. The van der Waals surface area contributed by atoms with Crippen molar-refractivity contribution < 1.29 is 14.4 Å². The fourth-order valence-corrected chi connectivity index (χ4v) is 1.56. The van der Waals surface area contributed by atoms with Crippen LogP contribution in [0.4, 0.5) is 0 Å². The maximum Gasteiger partial charge on any atom is 0.504 e. The summed E-state index contributed by atoms with van der Waals surface area (Å²) in [6.07, 6.45) is 0. The number of rotatable bonds is 3. The number of fused-ring (bicyclic) bond motifs is 1. The summed E-state index contributed by atoms with van der Waals surface area (Å²) in [7, 11) is 1.27. The SMILES string of the molecule is COc1cc(OBO)c2ccccc2c1. The molecular formula is C11H11BO3. The molecule has 0 aliphatic carbocycles. The van der Waals surface area contributed by atoms with E-state index in [1.807, 2.05) is 30.3 Å². The van der Waals surface area contributed by atoms with Gasteiger partial charge in [0.25, 0.3) is 0 Å². The predicted octanol–water partition coefficient (Wildman–Crippen LogP) is 1.49. The molecule has 2 aromatic rings. The lowest BCUT2D eigenvalue weighted by Gasteiger charge is -2.09. The molecule has 0 spiro atoms. The van der Waals surface area contributed by atoms with Gasteiger partial charge in [-0.05, 0) is 11.5 Å². The van der Waals surface area contributed by atoms with Gasteiger partial charge >= 0.3 is 7.69 Å². The zero-order valence-corrected chi connectivity index (χ0v) is 8.43. The highest BCUT2D eigenvalue weighted by atomic mass is 16.5. The number of methoxy groups -OCH3 is 1. The molecule has 0 unspecified atom stereocenters. The van der Waals surface area contributed by atoms with Crippen molar-refractivity contribution in [1.29, 1.82) is 0 Å². The lowest BCUT2D eigenvalue weighted by Crippen LogP contribution is -2.00. The van der Waals surface area contributed by atoms with Crippen LogP contribution in [0.25, 0.3) is 10.8 Å². The summed E-state index contributed by atoms with van der Waals surface area (Å²) in [5.74, 6) is 1.35. The van der Waals surface area contributed by atoms with E-state index in [-0.39, 0.29) is 7.69 Å². The Morgan fingerprint density at radius 1 is 1.20 bits per heavy atom. The summed E-state index contributed by atoms with van der Waals surface area (Å²) in [4.78, 5) is 0. The third-order valence-corrected chi connectivity index (χ3v) is 2.25. The Morgan fingerprint density at radius 3 is 2.73 bits per heavy atom. The summed E-state index contributed by atoms with van der Waals surface area (Å²) in [5, 5.41) is 10.8. The van der Waals surface area contributed by atoms with Gasteiger partial charge in [-0.3, -0.25) is 0 Å². The molecule has 2 rings (SSSR count). The van der Waals surface area contributed by atoms with Crippen molar-refractivity contribution in [1.82, 2.24) is 0 Å². The van der Waals surface area contributed by atoms with Crippen LogP contribution in [-0.2, 0) is 0 Å². The Balaban J connectivity index is 2.63. The molecule has 0 saturated heterocycles. The molecule has 3 nitrogen and oxygen atoms in total. The quantitative estimate of drug-likeness (QED) is 0.766. The van der Waals surface area contributed by atoms with Crippen molar-refractivity contribution in [2.24, 2.45) is 0 Å². The third kappa shape index (κ3) is 1.90. The first-order chi connectivity index (χ1) is 7.35. The molecule has 4 heteroatoms. The topological polar surface area (TPSA) is 38.7 Å².